The number of benzene rings is 2. The third-order valence-electron chi connectivity index (χ3n) is 2.82. The predicted molar refractivity (Wildman–Crippen MR) is 71.0 cm³/mol. The molecule has 2 rings (SSSR count). The average Bonchev–Trinajstić information content (AvgIpc) is 2.45. The first-order valence-corrected chi connectivity index (χ1v) is 5.97. The molecule has 20 heavy (non-hydrogen) atoms. The van der Waals surface area contributed by atoms with Gasteiger partial charge in [0.15, 0.2) is 0 Å². The lowest BCUT2D eigenvalue weighted by Crippen LogP contribution is -2.13. The van der Waals surface area contributed by atoms with E-state index in [2.05, 4.69) is 5.32 Å². The van der Waals surface area contributed by atoms with Gasteiger partial charge in [-0.05, 0) is 35.9 Å². The van der Waals surface area contributed by atoms with Crippen LogP contribution in [0.5, 0.6) is 0 Å². The molecular formula is C15H12F2N2O. The molecule has 1 atom stereocenters. The number of nitrogens with one attached hydrogen (secondary N) is 1. The average molecular weight is 274 g/mol. The normalized spacial score (nSPS) is 11.7. The zero-order valence-electron chi connectivity index (χ0n) is 10.5. The predicted octanol–water partition coefficient (Wildman–Crippen LogP) is 2.98. The number of rotatable bonds is 4. The lowest BCUT2D eigenvalue weighted by Gasteiger charge is -2.14. The van der Waals surface area contributed by atoms with Crippen LogP contribution in [0.3, 0.4) is 0 Å². The zero-order valence-corrected chi connectivity index (χ0v) is 10.5. The van der Waals surface area contributed by atoms with Gasteiger partial charge in [-0.1, -0.05) is 12.1 Å². The largest absolute Gasteiger partial charge is 0.387 e. The summed E-state index contributed by atoms with van der Waals surface area (Å²) in [6.07, 6.45) is -0.928. The summed E-state index contributed by atoms with van der Waals surface area (Å²) in [5.41, 5.74) is 0.999. The van der Waals surface area contributed by atoms with E-state index in [1.54, 1.807) is 6.07 Å². The van der Waals surface area contributed by atoms with E-state index in [0.717, 1.165) is 6.07 Å². The van der Waals surface area contributed by atoms with Gasteiger partial charge in [0.1, 0.15) is 17.7 Å². The molecule has 2 aromatic rings. The van der Waals surface area contributed by atoms with Crippen LogP contribution in [-0.2, 0) is 0 Å². The van der Waals surface area contributed by atoms with Crippen LogP contribution < -0.4 is 5.32 Å². The van der Waals surface area contributed by atoms with Gasteiger partial charge in [-0.2, -0.15) is 5.26 Å². The second kappa shape index (κ2) is 6.13. The molecule has 0 spiro atoms. The number of nitrogens with zero attached hydrogens (tertiary/aromatic N) is 1. The fourth-order valence-electron chi connectivity index (χ4n) is 1.80. The number of aliphatic hydroxyl groups excluding tert-OH is 1. The molecule has 0 saturated carbocycles. The summed E-state index contributed by atoms with van der Waals surface area (Å²) in [6, 6.07) is 11.3. The first kappa shape index (κ1) is 14.0. The number of hydrogen-bond acceptors (Lipinski definition) is 3. The number of hydrogen-bond donors (Lipinski definition) is 2. The topological polar surface area (TPSA) is 56.0 Å². The van der Waals surface area contributed by atoms with Crippen molar-refractivity contribution < 1.29 is 13.9 Å². The number of halogens is 2. The second-order valence-corrected chi connectivity index (χ2v) is 4.25. The Kier molecular flexibility index (Phi) is 4.28. The molecule has 0 aliphatic carbocycles. The van der Waals surface area contributed by atoms with Crippen LogP contribution in [0.1, 0.15) is 17.2 Å². The molecule has 5 heteroatoms. The van der Waals surface area contributed by atoms with Crippen LogP contribution in [-0.4, -0.2) is 11.7 Å². The summed E-state index contributed by atoms with van der Waals surface area (Å²) in [5.74, 6) is -0.932. The molecule has 1 unspecified atom stereocenters. The highest BCUT2D eigenvalue weighted by Crippen LogP contribution is 2.19. The van der Waals surface area contributed by atoms with Crippen LogP contribution in [0.15, 0.2) is 42.5 Å². The molecule has 0 amide bonds. The van der Waals surface area contributed by atoms with Crippen molar-refractivity contribution in [3.05, 3.63) is 65.2 Å². The maximum Gasteiger partial charge on any atom is 0.124 e. The summed E-state index contributed by atoms with van der Waals surface area (Å²) in [4.78, 5) is 0. The molecule has 3 nitrogen and oxygen atoms in total. The van der Waals surface area contributed by atoms with Crippen molar-refractivity contribution in [1.29, 1.82) is 5.26 Å². The summed E-state index contributed by atoms with van der Waals surface area (Å²) in [6.45, 7) is 0.0871. The molecule has 2 aromatic carbocycles. The summed E-state index contributed by atoms with van der Waals surface area (Å²) >= 11 is 0. The highest BCUT2D eigenvalue weighted by molar-refractivity contribution is 5.57. The summed E-state index contributed by atoms with van der Waals surface area (Å²) < 4.78 is 26.0. The molecule has 0 radical (unpaired) electrons. The molecule has 0 fully saturated rings. The smallest absolute Gasteiger partial charge is 0.124 e. The van der Waals surface area contributed by atoms with E-state index >= 15 is 0 Å². The van der Waals surface area contributed by atoms with E-state index in [9.17, 15) is 13.9 Å². The Hall–Kier alpha value is -2.45. The highest BCUT2D eigenvalue weighted by atomic mass is 19.1. The molecule has 0 aromatic heterocycles. The number of aliphatic hydroxyl groups is 1. The van der Waals surface area contributed by atoms with E-state index in [0.29, 0.717) is 11.3 Å². The monoisotopic (exact) mass is 274 g/mol. The Bertz CT molecular complexity index is 653. The van der Waals surface area contributed by atoms with E-state index in [1.807, 2.05) is 6.07 Å². The van der Waals surface area contributed by atoms with Crippen molar-refractivity contribution in [2.24, 2.45) is 0 Å². The summed E-state index contributed by atoms with van der Waals surface area (Å²) in [7, 11) is 0. The van der Waals surface area contributed by atoms with Crippen LogP contribution in [0, 0.1) is 23.0 Å². The van der Waals surface area contributed by atoms with Gasteiger partial charge in [0.05, 0.1) is 17.4 Å². The van der Waals surface area contributed by atoms with E-state index < -0.39 is 17.7 Å². The van der Waals surface area contributed by atoms with Crippen LogP contribution in [0.4, 0.5) is 14.5 Å². The Balaban J connectivity index is 2.07. The Morgan fingerprint density at radius 1 is 1.15 bits per heavy atom. The molecular weight excluding hydrogens is 262 g/mol. The van der Waals surface area contributed by atoms with Gasteiger partial charge < -0.3 is 10.4 Å². The standard InChI is InChI=1S/C15H12F2N2O/c16-12-3-1-2-10(6-12)15(20)9-19-14-5-4-13(17)7-11(14)8-18/h1-7,15,19-20H,9H2. The van der Waals surface area contributed by atoms with Crippen molar-refractivity contribution >= 4 is 5.69 Å². The Morgan fingerprint density at radius 2 is 1.90 bits per heavy atom. The van der Waals surface area contributed by atoms with Crippen LogP contribution >= 0.6 is 0 Å². The van der Waals surface area contributed by atoms with Crippen molar-refractivity contribution in [2.75, 3.05) is 11.9 Å². The molecule has 0 saturated heterocycles. The minimum atomic E-state index is -0.928. The minimum Gasteiger partial charge on any atom is -0.387 e. The quantitative estimate of drug-likeness (QED) is 0.901. The van der Waals surface area contributed by atoms with Gasteiger partial charge in [-0.15, -0.1) is 0 Å². The lowest BCUT2D eigenvalue weighted by molar-refractivity contribution is 0.191. The molecule has 102 valence electrons. The van der Waals surface area contributed by atoms with Crippen LogP contribution in [0.25, 0.3) is 0 Å². The van der Waals surface area contributed by atoms with Gasteiger partial charge >= 0.3 is 0 Å². The molecule has 0 bridgehead atoms. The van der Waals surface area contributed by atoms with Crippen molar-refractivity contribution in [1.82, 2.24) is 0 Å². The van der Waals surface area contributed by atoms with E-state index in [4.69, 9.17) is 5.26 Å². The third-order valence-corrected chi connectivity index (χ3v) is 2.82. The van der Waals surface area contributed by atoms with Crippen molar-refractivity contribution in [3.8, 4) is 6.07 Å². The second-order valence-electron chi connectivity index (χ2n) is 4.25. The van der Waals surface area contributed by atoms with Gasteiger partial charge in [0, 0.05) is 6.54 Å². The third kappa shape index (κ3) is 3.31. The zero-order chi connectivity index (χ0) is 14.5. The van der Waals surface area contributed by atoms with Gasteiger partial charge in [0.25, 0.3) is 0 Å². The molecule has 0 aliphatic heterocycles. The maximum absolute atomic E-state index is 13.0. The first-order valence-electron chi connectivity index (χ1n) is 5.97. The molecule has 2 N–H and O–H groups in total. The minimum absolute atomic E-state index is 0.0871. The number of anilines is 1. The molecule has 0 aliphatic rings. The van der Waals surface area contributed by atoms with E-state index in [-0.39, 0.29) is 12.1 Å². The fourth-order valence-corrected chi connectivity index (χ4v) is 1.80. The van der Waals surface area contributed by atoms with Gasteiger partial charge in [-0.3, -0.25) is 0 Å². The number of nitriles is 1. The fraction of sp³-hybridized carbons (Fsp3) is 0.133. The highest BCUT2D eigenvalue weighted by Gasteiger charge is 2.10. The SMILES string of the molecule is N#Cc1cc(F)ccc1NCC(O)c1cccc(F)c1. The first-order chi connectivity index (χ1) is 9.60. The van der Waals surface area contributed by atoms with Crippen molar-refractivity contribution in [2.45, 2.75) is 6.10 Å². The summed E-state index contributed by atoms with van der Waals surface area (Å²) in [5, 5.41) is 21.7. The Labute approximate surface area is 115 Å². The Morgan fingerprint density at radius 3 is 2.60 bits per heavy atom. The van der Waals surface area contributed by atoms with Gasteiger partial charge in [0.2, 0.25) is 0 Å². The van der Waals surface area contributed by atoms with E-state index in [1.165, 1.54) is 30.3 Å². The lowest BCUT2D eigenvalue weighted by atomic mass is 10.1. The maximum atomic E-state index is 13.0. The van der Waals surface area contributed by atoms with Crippen molar-refractivity contribution in [3.63, 3.8) is 0 Å². The molecule has 0 heterocycles. The van der Waals surface area contributed by atoms with Crippen LogP contribution in [0.2, 0.25) is 0 Å². The van der Waals surface area contributed by atoms with Gasteiger partial charge in [-0.25, -0.2) is 8.78 Å².